The Hall–Kier alpha value is -2.74. The molecule has 0 unspecified atom stereocenters. The van der Waals surface area contributed by atoms with Gasteiger partial charge in [-0.1, -0.05) is 46.8 Å². The molecule has 2 rings (SSSR count). The topological polar surface area (TPSA) is 93.8 Å². The van der Waals surface area contributed by atoms with Gasteiger partial charge in [0, 0.05) is 6.07 Å². The smallest absolute Gasteiger partial charge is 0.280 e. The summed E-state index contributed by atoms with van der Waals surface area (Å²) in [6.45, 7) is 12.6. The fourth-order valence-corrected chi connectivity index (χ4v) is 4.23. The van der Waals surface area contributed by atoms with E-state index in [2.05, 4.69) is 45.1 Å². The molecule has 0 atom stereocenters. The lowest BCUT2D eigenvalue weighted by Crippen LogP contribution is -2.26. The van der Waals surface area contributed by atoms with Crippen LogP contribution in [0.25, 0.3) is 0 Å². The maximum absolute atomic E-state index is 12.0. The minimum atomic E-state index is -0.463. The van der Waals surface area contributed by atoms with Crippen LogP contribution in [-0.4, -0.2) is 23.1 Å². The van der Waals surface area contributed by atoms with Crippen molar-refractivity contribution in [2.45, 2.75) is 53.4 Å². The number of nitrogens with one attached hydrogen (secondary N) is 1. The number of benzene rings is 1. The quantitative estimate of drug-likeness (QED) is 0.349. The third-order valence-corrected chi connectivity index (χ3v) is 5.51. The molecule has 0 aliphatic carbocycles. The molecule has 0 saturated heterocycles. The zero-order valence-electron chi connectivity index (χ0n) is 18.3. The highest BCUT2D eigenvalue weighted by atomic mass is 32.1. The van der Waals surface area contributed by atoms with Crippen molar-refractivity contribution in [1.29, 1.82) is 0 Å². The normalized spacial score (nSPS) is 12.5. The Kier molecular flexibility index (Phi) is 7.36. The average molecular weight is 432 g/mol. The van der Waals surface area contributed by atoms with Crippen LogP contribution in [0, 0.1) is 15.5 Å². The second-order valence-electron chi connectivity index (χ2n) is 9.09. The Labute approximate surface area is 181 Å². The first-order chi connectivity index (χ1) is 13.9. The van der Waals surface area contributed by atoms with E-state index in [1.54, 1.807) is 6.92 Å². The molecule has 0 aliphatic rings. The van der Waals surface area contributed by atoms with E-state index in [1.807, 2.05) is 24.3 Å². The predicted octanol–water partition coefficient (Wildman–Crippen LogP) is 5.29. The summed E-state index contributed by atoms with van der Waals surface area (Å²) in [6, 6.07) is 9.23. The third-order valence-electron chi connectivity index (χ3n) is 4.48. The summed E-state index contributed by atoms with van der Waals surface area (Å²) in [5.74, 6) is 0.201. The number of nitrogens with zero attached hydrogens (tertiary/aromatic N) is 2. The van der Waals surface area contributed by atoms with Crippen LogP contribution in [0.15, 0.2) is 40.8 Å². The lowest BCUT2D eigenvalue weighted by Gasteiger charge is -2.33. The molecule has 1 N–H and O–H groups in total. The number of hydrazone groups is 1. The van der Waals surface area contributed by atoms with Crippen molar-refractivity contribution in [3.63, 3.8) is 0 Å². The van der Waals surface area contributed by atoms with E-state index in [0.717, 1.165) is 6.42 Å². The summed E-state index contributed by atoms with van der Waals surface area (Å²) in [7, 11) is 0. The number of thiophene rings is 1. The highest BCUT2D eigenvalue weighted by Gasteiger charge is 2.27. The van der Waals surface area contributed by atoms with Gasteiger partial charge in [-0.2, -0.15) is 5.10 Å². The van der Waals surface area contributed by atoms with Gasteiger partial charge in [0.25, 0.3) is 11.6 Å². The fraction of sp³-hybridized carbons (Fsp3) is 0.455. The van der Waals surface area contributed by atoms with E-state index in [0.29, 0.717) is 16.3 Å². The highest BCUT2D eigenvalue weighted by Crippen LogP contribution is 2.36. The molecule has 7 nitrogen and oxygen atoms in total. The molecular weight excluding hydrogens is 402 g/mol. The minimum Gasteiger partial charge on any atom is -0.484 e. The van der Waals surface area contributed by atoms with Gasteiger partial charge in [0.1, 0.15) is 5.75 Å². The Morgan fingerprint density at radius 1 is 1.20 bits per heavy atom. The van der Waals surface area contributed by atoms with E-state index in [4.69, 9.17) is 4.74 Å². The molecule has 1 aromatic heterocycles. The molecule has 0 aliphatic heterocycles. The van der Waals surface area contributed by atoms with Crippen molar-refractivity contribution in [2.75, 3.05) is 6.61 Å². The van der Waals surface area contributed by atoms with Gasteiger partial charge in [0.15, 0.2) is 6.61 Å². The molecule has 0 radical (unpaired) electrons. The van der Waals surface area contributed by atoms with Crippen LogP contribution in [0.4, 0.5) is 5.69 Å². The van der Waals surface area contributed by atoms with Crippen molar-refractivity contribution >= 4 is 28.6 Å². The Morgan fingerprint density at radius 2 is 1.83 bits per heavy atom. The molecule has 0 spiro atoms. The van der Waals surface area contributed by atoms with Crippen molar-refractivity contribution in [3.05, 3.63) is 56.3 Å². The Bertz CT molecular complexity index is 925. The molecule has 0 saturated carbocycles. The number of carbonyl (C=O) groups excluding carboxylic acids is 1. The van der Waals surface area contributed by atoms with Gasteiger partial charge >= 0.3 is 0 Å². The van der Waals surface area contributed by atoms with Crippen LogP contribution in [-0.2, 0) is 10.2 Å². The van der Waals surface area contributed by atoms with Crippen molar-refractivity contribution in [2.24, 2.45) is 10.5 Å². The Morgan fingerprint density at radius 3 is 2.37 bits per heavy atom. The standard InChI is InChI=1S/C22H29N3O4S/c1-15(19-11-17(13-30-19)25(27)28)23-24-20(26)12-29-18-9-7-16(8-10-18)22(5,6)14-21(2,3)4/h7-11,13H,12,14H2,1-6H3,(H,24,26). The first-order valence-electron chi connectivity index (χ1n) is 9.67. The van der Waals surface area contributed by atoms with E-state index in [-0.39, 0.29) is 23.1 Å². The van der Waals surface area contributed by atoms with E-state index in [1.165, 1.54) is 28.3 Å². The molecule has 30 heavy (non-hydrogen) atoms. The molecule has 2 aromatic rings. The predicted molar refractivity (Wildman–Crippen MR) is 120 cm³/mol. The number of ether oxygens (including phenoxy) is 1. The molecule has 162 valence electrons. The Balaban J connectivity index is 1.89. The summed E-state index contributed by atoms with van der Waals surface area (Å²) in [4.78, 5) is 22.9. The minimum absolute atomic E-state index is 0.00772. The van der Waals surface area contributed by atoms with Crippen LogP contribution in [0.5, 0.6) is 5.75 Å². The van der Waals surface area contributed by atoms with Gasteiger partial charge in [0.2, 0.25) is 0 Å². The largest absolute Gasteiger partial charge is 0.484 e. The van der Waals surface area contributed by atoms with E-state index >= 15 is 0 Å². The summed E-state index contributed by atoms with van der Waals surface area (Å²) in [5.41, 5.74) is 4.40. The van der Waals surface area contributed by atoms with Crippen LogP contribution >= 0.6 is 11.3 Å². The first kappa shape index (κ1) is 23.5. The monoisotopic (exact) mass is 431 g/mol. The number of amides is 1. The summed E-state index contributed by atoms with van der Waals surface area (Å²) < 4.78 is 5.54. The molecule has 1 aromatic carbocycles. The highest BCUT2D eigenvalue weighted by molar-refractivity contribution is 7.12. The summed E-state index contributed by atoms with van der Waals surface area (Å²) in [5, 5.41) is 16.2. The maximum atomic E-state index is 12.0. The average Bonchev–Trinajstić information content (AvgIpc) is 3.13. The van der Waals surface area contributed by atoms with E-state index in [9.17, 15) is 14.9 Å². The lowest BCUT2D eigenvalue weighted by atomic mass is 9.72. The second kappa shape index (κ2) is 9.38. The first-order valence-corrected chi connectivity index (χ1v) is 10.6. The van der Waals surface area contributed by atoms with Crippen LogP contribution in [0.2, 0.25) is 0 Å². The van der Waals surface area contributed by atoms with E-state index < -0.39 is 10.8 Å². The third kappa shape index (κ3) is 6.95. The van der Waals surface area contributed by atoms with Crippen LogP contribution in [0.3, 0.4) is 0 Å². The zero-order chi connectivity index (χ0) is 22.5. The lowest BCUT2D eigenvalue weighted by molar-refractivity contribution is -0.384. The van der Waals surface area contributed by atoms with Gasteiger partial charge in [-0.05, 0) is 41.9 Å². The number of hydrogen-bond donors (Lipinski definition) is 1. The SMILES string of the molecule is CC(=NNC(=O)COc1ccc(C(C)(C)CC(C)(C)C)cc1)c1cc([N+](=O)[O-])cs1. The number of nitro groups is 1. The number of rotatable bonds is 8. The van der Waals surface area contributed by atoms with Gasteiger partial charge in [-0.25, -0.2) is 5.43 Å². The fourth-order valence-electron chi connectivity index (χ4n) is 3.42. The molecule has 0 bridgehead atoms. The maximum Gasteiger partial charge on any atom is 0.280 e. The second-order valence-corrected chi connectivity index (χ2v) is 10.0. The molecular formula is C22H29N3O4S. The molecule has 8 heteroatoms. The zero-order valence-corrected chi connectivity index (χ0v) is 19.1. The van der Waals surface area contributed by atoms with Gasteiger partial charge in [-0.3, -0.25) is 14.9 Å². The number of carbonyl (C=O) groups is 1. The molecule has 1 amide bonds. The van der Waals surface area contributed by atoms with Crippen molar-refractivity contribution < 1.29 is 14.5 Å². The van der Waals surface area contributed by atoms with Gasteiger partial charge in [0.05, 0.1) is 20.9 Å². The summed E-state index contributed by atoms with van der Waals surface area (Å²) in [6.07, 6.45) is 1.05. The summed E-state index contributed by atoms with van der Waals surface area (Å²) >= 11 is 1.20. The van der Waals surface area contributed by atoms with Gasteiger partial charge in [-0.15, -0.1) is 11.3 Å². The number of hydrogen-bond acceptors (Lipinski definition) is 6. The van der Waals surface area contributed by atoms with Crippen molar-refractivity contribution in [1.82, 2.24) is 5.43 Å². The van der Waals surface area contributed by atoms with Crippen molar-refractivity contribution in [3.8, 4) is 5.75 Å². The molecule has 1 heterocycles. The molecule has 0 fully saturated rings. The van der Waals surface area contributed by atoms with Crippen LogP contribution < -0.4 is 10.2 Å². The van der Waals surface area contributed by atoms with Crippen LogP contribution in [0.1, 0.15) is 58.4 Å². The van der Waals surface area contributed by atoms with Gasteiger partial charge < -0.3 is 4.74 Å².